The maximum absolute atomic E-state index is 11.1. The van der Waals surface area contributed by atoms with Crippen LogP contribution in [0.4, 0.5) is 5.95 Å². The summed E-state index contributed by atoms with van der Waals surface area (Å²) < 4.78 is 9.96. The van der Waals surface area contributed by atoms with Gasteiger partial charge in [0.05, 0.1) is 20.3 Å². The van der Waals surface area contributed by atoms with Crippen LogP contribution < -0.4 is 14.8 Å². The fourth-order valence-electron chi connectivity index (χ4n) is 1.33. The lowest BCUT2D eigenvalue weighted by atomic mass is 10.1. The highest BCUT2D eigenvalue weighted by molar-refractivity contribution is 5.76. The second kappa shape index (κ2) is 6.04. The average Bonchev–Trinajstić information content (AvgIpc) is 2.34. The molecule has 0 fully saturated rings. The topological polar surface area (TPSA) is 93.6 Å². The summed E-state index contributed by atoms with van der Waals surface area (Å²) in [5.74, 6) is -0.305. The van der Waals surface area contributed by atoms with Gasteiger partial charge >= 0.3 is 5.97 Å². The Morgan fingerprint density at radius 3 is 2.11 bits per heavy atom. The van der Waals surface area contributed by atoms with Gasteiger partial charge in [-0.3, -0.25) is 0 Å². The van der Waals surface area contributed by atoms with Gasteiger partial charge in [-0.05, 0) is 5.92 Å². The number of aromatic nitrogens is 2. The van der Waals surface area contributed by atoms with Gasteiger partial charge in [-0.1, -0.05) is 13.8 Å². The Bertz CT molecular complexity index is 400. The van der Waals surface area contributed by atoms with Crippen molar-refractivity contribution in [2.75, 3.05) is 19.5 Å². The normalized spacial score (nSPS) is 12.1. The van der Waals surface area contributed by atoms with Crippen LogP contribution in [0.5, 0.6) is 11.8 Å². The Labute approximate surface area is 105 Å². The molecule has 0 saturated carbocycles. The number of nitrogens with one attached hydrogen (secondary N) is 1. The number of carboxylic acid groups (broad SMARTS) is 1. The zero-order chi connectivity index (χ0) is 13.7. The molecule has 0 aromatic carbocycles. The van der Waals surface area contributed by atoms with Crippen LogP contribution in [-0.4, -0.2) is 41.3 Å². The standard InChI is InChI=1S/C11H17N3O4/c1-6(2)9(10(15)16)14-11-12-7(17-3)5-8(13-11)18-4/h5-6,9H,1-4H3,(H,15,16)(H,12,13,14)/t9-/m0/s1. The van der Waals surface area contributed by atoms with E-state index in [0.717, 1.165) is 0 Å². The molecule has 18 heavy (non-hydrogen) atoms. The summed E-state index contributed by atoms with van der Waals surface area (Å²) in [6, 6.07) is 0.734. The van der Waals surface area contributed by atoms with Crippen LogP contribution in [-0.2, 0) is 4.79 Å². The van der Waals surface area contributed by atoms with Crippen LogP contribution in [0.1, 0.15) is 13.8 Å². The zero-order valence-corrected chi connectivity index (χ0v) is 10.8. The van der Waals surface area contributed by atoms with Crippen LogP contribution in [0.25, 0.3) is 0 Å². The van der Waals surface area contributed by atoms with Crippen molar-refractivity contribution in [3.63, 3.8) is 0 Å². The molecule has 0 saturated heterocycles. The number of anilines is 1. The van der Waals surface area contributed by atoms with Gasteiger partial charge in [-0.15, -0.1) is 0 Å². The molecule has 1 aromatic rings. The van der Waals surface area contributed by atoms with E-state index in [0.29, 0.717) is 11.8 Å². The summed E-state index contributed by atoms with van der Waals surface area (Å²) >= 11 is 0. The van der Waals surface area contributed by atoms with Crippen molar-refractivity contribution in [3.05, 3.63) is 6.07 Å². The monoisotopic (exact) mass is 255 g/mol. The molecule has 2 N–H and O–H groups in total. The first-order chi connectivity index (χ1) is 8.47. The molecule has 1 aromatic heterocycles. The third-order valence-electron chi connectivity index (χ3n) is 2.31. The maximum atomic E-state index is 11.1. The van der Waals surface area contributed by atoms with Crippen molar-refractivity contribution in [1.82, 2.24) is 9.97 Å². The van der Waals surface area contributed by atoms with Gasteiger partial charge in [0.1, 0.15) is 6.04 Å². The van der Waals surface area contributed by atoms with E-state index in [1.165, 1.54) is 20.3 Å². The number of carbonyl (C=O) groups is 1. The third kappa shape index (κ3) is 3.47. The van der Waals surface area contributed by atoms with Crippen LogP contribution in [0, 0.1) is 5.92 Å². The van der Waals surface area contributed by atoms with Crippen molar-refractivity contribution in [2.24, 2.45) is 5.92 Å². The fourth-order valence-corrected chi connectivity index (χ4v) is 1.33. The molecule has 1 atom stereocenters. The van der Waals surface area contributed by atoms with E-state index in [1.54, 1.807) is 13.8 Å². The minimum Gasteiger partial charge on any atom is -0.481 e. The minimum absolute atomic E-state index is 0.108. The smallest absolute Gasteiger partial charge is 0.326 e. The van der Waals surface area contributed by atoms with E-state index in [1.807, 2.05) is 0 Å². The second-order valence-electron chi connectivity index (χ2n) is 3.98. The molecule has 0 amide bonds. The highest BCUT2D eigenvalue weighted by Crippen LogP contribution is 2.18. The molecule has 0 radical (unpaired) electrons. The quantitative estimate of drug-likeness (QED) is 0.783. The van der Waals surface area contributed by atoms with E-state index in [2.05, 4.69) is 15.3 Å². The van der Waals surface area contributed by atoms with Crippen LogP contribution in [0.15, 0.2) is 6.07 Å². The Kier molecular flexibility index (Phi) is 4.70. The van der Waals surface area contributed by atoms with Gasteiger partial charge in [0.15, 0.2) is 0 Å². The molecule has 0 aliphatic rings. The van der Waals surface area contributed by atoms with Gasteiger partial charge in [0.25, 0.3) is 0 Å². The number of hydrogen-bond acceptors (Lipinski definition) is 6. The Morgan fingerprint density at radius 2 is 1.78 bits per heavy atom. The van der Waals surface area contributed by atoms with Gasteiger partial charge in [0.2, 0.25) is 17.7 Å². The van der Waals surface area contributed by atoms with Crippen molar-refractivity contribution in [3.8, 4) is 11.8 Å². The molecule has 0 spiro atoms. The number of methoxy groups -OCH3 is 2. The van der Waals surface area contributed by atoms with E-state index >= 15 is 0 Å². The first-order valence-electron chi connectivity index (χ1n) is 5.44. The highest BCUT2D eigenvalue weighted by atomic mass is 16.5. The summed E-state index contributed by atoms with van der Waals surface area (Å²) in [7, 11) is 2.92. The Hall–Kier alpha value is -2.05. The number of ether oxygens (including phenoxy) is 2. The Balaban J connectivity index is 2.98. The summed E-state index contributed by atoms with van der Waals surface area (Å²) in [5, 5.41) is 11.8. The van der Waals surface area contributed by atoms with Crippen molar-refractivity contribution in [2.45, 2.75) is 19.9 Å². The molecular formula is C11H17N3O4. The molecule has 0 unspecified atom stereocenters. The van der Waals surface area contributed by atoms with Gasteiger partial charge in [-0.2, -0.15) is 9.97 Å². The summed E-state index contributed by atoms with van der Waals surface area (Å²) in [4.78, 5) is 19.1. The van der Waals surface area contributed by atoms with Gasteiger partial charge in [0, 0.05) is 0 Å². The molecule has 0 aliphatic carbocycles. The molecule has 1 heterocycles. The van der Waals surface area contributed by atoms with E-state index in [4.69, 9.17) is 14.6 Å². The Morgan fingerprint density at radius 1 is 1.28 bits per heavy atom. The van der Waals surface area contributed by atoms with Crippen molar-refractivity contribution < 1.29 is 19.4 Å². The summed E-state index contributed by atoms with van der Waals surface area (Å²) in [6.45, 7) is 3.59. The van der Waals surface area contributed by atoms with Crippen LogP contribution in [0.2, 0.25) is 0 Å². The number of hydrogen-bond donors (Lipinski definition) is 2. The molecule has 7 heteroatoms. The zero-order valence-electron chi connectivity index (χ0n) is 10.8. The average molecular weight is 255 g/mol. The van der Waals surface area contributed by atoms with Gasteiger partial charge < -0.3 is 19.9 Å². The molecular weight excluding hydrogens is 238 g/mol. The second-order valence-corrected chi connectivity index (χ2v) is 3.98. The molecule has 1 rings (SSSR count). The number of aliphatic carboxylic acids is 1. The third-order valence-corrected chi connectivity index (χ3v) is 2.31. The lowest BCUT2D eigenvalue weighted by Crippen LogP contribution is -2.35. The van der Waals surface area contributed by atoms with E-state index in [9.17, 15) is 4.79 Å². The molecule has 0 bridgehead atoms. The van der Waals surface area contributed by atoms with Crippen molar-refractivity contribution >= 4 is 11.9 Å². The lowest BCUT2D eigenvalue weighted by molar-refractivity contribution is -0.138. The molecule has 0 aliphatic heterocycles. The lowest BCUT2D eigenvalue weighted by Gasteiger charge is -2.18. The van der Waals surface area contributed by atoms with Crippen LogP contribution >= 0.6 is 0 Å². The number of rotatable bonds is 6. The van der Waals surface area contributed by atoms with E-state index < -0.39 is 12.0 Å². The largest absolute Gasteiger partial charge is 0.481 e. The van der Waals surface area contributed by atoms with E-state index in [-0.39, 0.29) is 11.9 Å². The SMILES string of the molecule is COc1cc(OC)nc(N[C@H](C(=O)O)C(C)C)n1. The molecule has 100 valence electrons. The fraction of sp³-hybridized carbons (Fsp3) is 0.545. The minimum atomic E-state index is -0.963. The van der Waals surface area contributed by atoms with Gasteiger partial charge in [-0.25, -0.2) is 4.79 Å². The van der Waals surface area contributed by atoms with Crippen molar-refractivity contribution in [1.29, 1.82) is 0 Å². The highest BCUT2D eigenvalue weighted by Gasteiger charge is 2.22. The molecule has 7 nitrogen and oxygen atoms in total. The van der Waals surface area contributed by atoms with Crippen LogP contribution in [0.3, 0.4) is 0 Å². The number of carboxylic acids is 1. The first kappa shape index (κ1) is 14.0. The summed E-state index contributed by atoms with van der Waals surface area (Å²) in [5.41, 5.74) is 0. The predicted octanol–water partition coefficient (Wildman–Crippen LogP) is 1.01. The predicted molar refractivity (Wildman–Crippen MR) is 65.0 cm³/mol. The first-order valence-corrected chi connectivity index (χ1v) is 5.44. The maximum Gasteiger partial charge on any atom is 0.326 e. The summed E-state index contributed by atoms with van der Waals surface area (Å²) in [6.07, 6.45) is 0. The number of nitrogens with zero attached hydrogens (tertiary/aromatic N) is 2.